The maximum absolute atomic E-state index is 11.8. The van der Waals surface area contributed by atoms with Crippen LogP contribution in [0.1, 0.15) is 37.7 Å². The van der Waals surface area contributed by atoms with E-state index in [0.29, 0.717) is 11.6 Å². The summed E-state index contributed by atoms with van der Waals surface area (Å²) in [5.74, 6) is 2.71. The van der Waals surface area contributed by atoms with Gasteiger partial charge in [0.15, 0.2) is 0 Å². The van der Waals surface area contributed by atoms with Crippen LogP contribution in [0.15, 0.2) is 24.3 Å². The van der Waals surface area contributed by atoms with E-state index in [0.717, 1.165) is 36.3 Å². The molecule has 3 atom stereocenters. The molecule has 120 valence electrons. The van der Waals surface area contributed by atoms with Crippen molar-refractivity contribution in [2.24, 2.45) is 17.8 Å². The van der Waals surface area contributed by atoms with Gasteiger partial charge in [-0.15, -0.1) is 0 Å². The standard InChI is InChI=1S/C18H24ClNO2/c19-17-4-2-1-3-16(17)11-22-12-18(21)20-8-7-15-10-13-5-6-14(15)9-13/h1-4,13-15H,5-12H2,(H,20,21). The third-order valence-corrected chi connectivity index (χ3v) is 5.54. The minimum Gasteiger partial charge on any atom is -0.367 e. The molecule has 3 nitrogen and oxygen atoms in total. The summed E-state index contributed by atoms with van der Waals surface area (Å²) in [6, 6.07) is 7.54. The fraction of sp³-hybridized carbons (Fsp3) is 0.611. The molecule has 0 aromatic heterocycles. The molecule has 4 heteroatoms. The van der Waals surface area contributed by atoms with Crippen molar-refractivity contribution >= 4 is 17.5 Å². The molecule has 2 saturated carbocycles. The Balaban J connectivity index is 1.29. The van der Waals surface area contributed by atoms with Crippen molar-refractivity contribution in [1.82, 2.24) is 5.32 Å². The smallest absolute Gasteiger partial charge is 0.246 e. The Morgan fingerprint density at radius 3 is 2.86 bits per heavy atom. The first-order chi connectivity index (χ1) is 10.7. The summed E-state index contributed by atoms with van der Waals surface area (Å²) in [5.41, 5.74) is 0.916. The van der Waals surface area contributed by atoms with Crippen LogP contribution in [-0.2, 0) is 16.1 Å². The molecule has 1 aromatic carbocycles. The summed E-state index contributed by atoms with van der Waals surface area (Å²) in [4.78, 5) is 11.8. The van der Waals surface area contributed by atoms with Gasteiger partial charge in [0.1, 0.15) is 6.61 Å². The van der Waals surface area contributed by atoms with Crippen LogP contribution in [0, 0.1) is 17.8 Å². The monoisotopic (exact) mass is 321 g/mol. The van der Waals surface area contributed by atoms with E-state index >= 15 is 0 Å². The van der Waals surface area contributed by atoms with Gasteiger partial charge in [0.2, 0.25) is 5.91 Å². The molecule has 2 aliphatic rings. The second-order valence-corrected chi connectivity index (χ2v) is 7.06. The second kappa shape index (κ2) is 7.47. The Morgan fingerprint density at radius 2 is 2.14 bits per heavy atom. The molecule has 1 N–H and O–H groups in total. The SMILES string of the molecule is O=C(COCc1ccccc1Cl)NCCC1CC2CCC1C2. The largest absolute Gasteiger partial charge is 0.367 e. The van der Waals surface area contributed by atoms with Crippen LogP contribution in [0.5, 0.6) is 0 Å². The predicted octanol–water partition coefficient (Wildman–Crippen LogP) is 3.80. The molecule has 3 rings (SSSR count). The number of carbonyl (C=O) groups excluding carboxylic acids is 1. The zero-order valence-corrected chi connectivity index (χ0v) is 13.6. The van der Waals surface area contributed by atoms with Crippen LogP contribution in [-0.4, -0.2) is 19.1 Å². The third-order valence-electron chi connectivity index (χ3n) is 5.17. The molecule has 0 radical (unpaired) electrons. The van der Waals surface area contributed by atoms with Crippen LogP contribution in [0.25, 0.3) is 0 Å². The minimum absolute atomic E-state index is 0.0322. The molecule has 0 heterocycles. The first-order valence-electron chi connectivity index (χ1n) is 8.30. The number of ether oxygens (including phenoxy) is 1. The number of hydrogen-bond donors (Lipinski definition) is 1. The Labute approximate surface area is 137 Å². The molecule has 2 bridgehead atoms. The topological polar surface area (TPSA) is 38.3 Å². The number of nitrogens with one attached hydrogen (secondary N) is 1. The van der Waals surface area contributed by atoms with Crippen molar-refractivity contribution < 1.29 is 9.53 Å². The fourth-order valence-electron chi connectivity index (χ4n) is 4.05. The maximum atomic E-state index is 11.8. The Hall–Kier alpha value is -1.06. The summed E-state index contributed by atoms with van der Waals surface area (Å²) >= 11 is 6.05. The quantitative estimate of drug-likeness (QED) is 0.829. The van der Waals surface area contributed by atoms with Crippen molar-refractivity contribution in [1.29, 1.82) is 0 Å². The van der Waals surface area contributed by atoms with E-state index in [1.807, 2.05) is 24.3 Å². The number of fused-ring (bicyclic) bond motifs is 2. The Morgan fingerprint density at radius 1 is 1.27 bits per heavy atom. The molecule has 0 saturated heterocycles. The zero-order chi connectivity index (χ0) is 15.4. The molecule has 22 heavy (non-hydrogen) atoms. The van der Waals surface area contributed by atoms with E-state index in [4.69, 9.17) is 16.3 Å². The van der Waals surface area contributed by atoms with Crippen LogP contribution in [0.4, 0.5) is 0 Å². The molecule has 0 spiro atoms. The summed E-state index contributed by atoms with van der Waals surface area (Å²) in [5, 5.41) is 3.65. The Bertz CT molecular complexity index is 520. The lowest BCUT2D eigenvalue weighted by molar-refractivity contribution is -0.126. The number of benzene rings is 1. The van der Waals surface area contributed by atoms with Gasteiger partial charge in [-0.25, -0.2) is 0 Å². The van der Waals surface area contributed by atoms with E-state index in [1.54, 1.807) is 0 Å². The average Bonchev–Trinajstić information content (AvgIpc) is 3.12. The van der Waals surface area contributed by atoms with Gasteiger partial charge in [-0.05, 0) is 55.1 Å². The van der Waals surface area contributed by atoms with Gasteiger partial charge in [0.25, 0.3) is 0 Å². The van der Waals surface area contributed by atoms with Gasteiger partial charge in [0.05, 0.1) is 6.61 Å². The van der Waals surface area contributed by atoms with Crippen molar-refractivity contribution in [2.45, 2.75) is 38.7 Å². The van der Waals surface area contributed by atoms with Gasteiger partial charge in [-0.3, -0.25) is 4.79 Å². The van der Waals surface area contributed by atoms with E-state index < -0.39 is 0 Å². The number of hydrogen-bond acceptors (Lipinski definition) is 2. The first kappa shape index (κ1) is 15.8. The van der Waals surface area contributed by atoms with Gasteiger partial charge in [-0.2, -0.15) is 0 Å². The Kier molecular flexibility index (Phi) is 5.37. The fourth-order valence-corrected chi connectivity index (χ4v) is 4.24. The lowest BCUT2D eigenvalue weighted by atomic mass is 9.86. The van der Waals surface area contributed by atoms with E-state index in [1.165, 1.54) is 25.7 Å². The molecule has 0 aliphatic heterocycles. The third kappa shape index (κ3) is 4.02. The maximum Gasteiger partial charge on any atom is 0.246 e. The molecule has 3 unspecified atom stereocenters. The van der Waals surface area contributed by atoms with Crippen molar-refractivity contribution in [2.75, 3.05) is 13.2 Å². The highest BCUT2D eigenvalue weighted by Gasteiger charge is 2.38. The number of carbonyl (C=O) groups is 1. The average molecular weight is 322 g/mol. The minimum atomic E-state index is -0.0322. The van der Waals surface area contributed by atoms with E-state index in [9.17, 15) is 4.79 Å². The lowest BCUT2D eigenvalue weighted by Crippen LogP contribution is -2.30. The van der Waals surface area contributed by atoms with Crippen molar-refractivity contribution in [3.63, 3.8) is 0 Å². The number of amides is 1. The highest BCUT2D eigenvalue weighted by atomic mass is 35.5. The predicted molar refractivity (Wildman–Crippen MR) is 87.7 cm³/mol. The first-order valence-corrected chi connectivity index (χ1v) is 8.68. The zero-order valence-electron chi connectivity index (χ0n) is 12.9. The molecular formula is C18H24ClNO2. The van der Waals surface area contributed by atoms with Gasteiger partial charge < -0.3 is 10.1 Å². The molecular weight excluding hydrogens is 298 g/mol. The summed E-state index contributed by atoms with van der Waals surface area (Å²) in [7, 11) is 0. The summed E-state index contributed by atoms with van der Waals surface area (Å²) in [6.45, 7) is 1.25. The number of halogens is 1. The van der Waals surface area contributed by atoms with Crippen molar-refractivity contribution in [3.05, 3.63) is 34.9 Å². The van der Waals surface area contributed by atoms with Crippen molar-refractivity contribution in [3.8, 4) is 0 Å². The van der Waals surface area contributed by atoms with Crippen LogP contribution >= 0.6 is 11.6 Å². The summed E-state index contributed by atoms with van der Waals surface area (Å²) < 4.78 is 5.44. The lowest BCUT2D eigenvalue weighted by Gasteiger charge is -2.21. The molecule has 2 aliphatic carbocycles. The van der Waals surface area contributed by atoms with E-state index in [2.05, 4.69) is 5.32 Å². The van der Waals surface area contributed by atoms with Crippen LogP contribution < -0.4 is 5.32 Å². The second-order valence-electron chi connectivity index (χ2n) is 6.66. The normalized spacial score (nSPS) is 26.3. The molecule has 2 fully saturated rings. The number of rotatable bonds is 7. The highest BCUT2D eigenvalue weighted by Crippen LogP contribution is 2.49. The van der Waals surface area contributed by atoms with Gasteiger partial charge in [-0.1, -0.05) is 36.2 Å². The van der Waals surface area contributed by atoms with Gasteiger partial charge in [0, 0.05) is 11.6 Å². The molecule has 1 aromatic rings. The van der Waals surface area contributed by atoms with Crippen LogP contribution in [0.3, 0.4) is 0 Å². The highest BCUT2D eigenvalue weighted by molar-refractivity contribution is 6.31. The van der Waals surface area contributed by atoms with Crippen LogP contribution in [0.2, 0.25) is 5.02 Å². The summed E-state index contributed by atoms with van der Waals surface area (Å²) in [6.07, 6.45) is 6.77. The van der Waals surface area contributed by atoms with E-state index in [-0.39, 0.29) is 12.5 Å². The molecule has 1 amide bonds. The van der Waals surface area contributed by atoms with Gasteiger partial charge >= 0.3 is 0 Å².